The van der Waals surface area contributed by atoms with Crippen molar-refractivity contribution >= 4 is 5.91 Å². The predicted octanol–water partition coefficient (Wildman–Crippen LogP) is 1.24. The van der Waals surface area contributed by atoms with Crippen LogP contribution in [0.1, 0.15) is 34.1 Å². The Morgan fingerprint density at radius 3 is 2.59 bits per heavy atom. The maximum absolute atomic E-state index is 12.1. The first-order valence-corrected chi connectivity index (χ1v) is 6.57. The summed E-state index contributed by atoms with van der Waals surface area (Å²) in [5.74, 6) is 0.609. The van der Waals surface area contributed by atoms with Crippen LogP contribution in [0.5, 0.6) is 0 Å². The van der Waals surface area contributed by atoms with Crippen molar-refractivity contribution < 1.29 is 9.53 Å². The molecule has 4 heteroatoms. The molecule has 4 nitrogen and oxygen atoms in total. The van der Waals surface area contributed by atoms with E-state index >= 15 is 0 Å². The smallest absolute Gasteiger partial charge is 0.227 e. The topological polar surface area (TPSA) is 55.6 Å². The van der Waals surface area contributed by atoms with Gasteiger partial charge in [-0.2, -0.15) is 0 Å². The maximum atomic E-state index is 12.1. The van der Waals surface area contributed by atoms with Crippen molar-refractivity contribution in [1.29, 1.82) is 0 Å². The third-order valence-corrected chi connectivity index (χ3v) is 3.30. The average molecular weight is 242 g/mol. The Kier molecular flexibility index (Phi) is 5.40. The summed E-state index contributed by atoms with van der Waals surface area (Å²) in [6.07, 6.45) is 1.16. The number of amides is 1. The molecule has 0 radical (unpaired) electrons. The van der Waals surface area contributed by atoms with Crippen LogP contribution in [0.25, 0.3) is 0 Å². The Morgan fingerprint density at radius 2 is 2.06 bits per heavy atom. The Labute approximate surface area is 104 Å². The van der Waals surface area contributed by atoms with Crippen LogP contribution in [0.4, 0.5) is 0 Å². The SMILES string of the molecule is CC(C)COC1CCN(C(=O)C(C)C(C)N)C1. The lowest BCUT2D eigenvalue weighted by Gasteiger charge is -2.23. The summed E-state index contributed by atoms with van der Waals surface area (Å²) < 4.78 is 5.76. The molecule has 0 aliphatic carbocycles. The van der Waals surface area contributed by atoms with Gasteiger partial charge in [0.05, 0.1) is 12.0 Å². The van der Waals surface area contributed by atoms with E-state index in [1.54, 1.807) is 0 Å². The lowest BCUT2D eigenvalue weighted by molar-refractivity contribution is -0.134. The number of ether oxygens (including phenoxy) is 1. The number of likely N-dealkylation sites (tertiary alicyclic amines) is 1. The normalized spacial score (nSPS) is 24.1. The van der Waals surface area contributed by atoms with Crippen molar-refractivity contribution in [2.24, 2.45) is 17.6 Å². The highest BCUT2D eigenvalue weighted by Gasteiger charge is 2.30. The quantitative estimate of drug-likeness (QED) is 0.789. The monoisotopic (exact) mass is 242 g/mol. The molecule has 0 saturated carbocycles. The van der Waals surface area contributed by atoms with Gasteiger partial charge in [0.25, 0.3) is 0 Å². The highest BCUT2D eigenvalue weighted by atomic mass is 16.5. The minimum absolute atomic E-state index is 0.0851. The molecule has 1 heterocycles. The molecule has 0 aromatic rings. The van der Waals surface area contributed by atoms with Crippen molar-refractivity contribution in [3.8, 4) is 0 Å². The first-order chi connectivity index (χ1) is 7.91. The zero-order chi connectivity index (χ0) is 13.0. The molecule has 1 fully saturated rings. The molecule has 1 aliphatic rings. The number of hydrogen-bond acceptors (Lipinski definition) is 3. The Morgan fingerprint density at radius 1 is 1.41 bits per heavy atom. The van der Waals surface area contributed by atoms with E-state index in [-0.39, 0.29) is 24.0 Å². The first kappa shape index (κ1) is 14.5. The van der Waals surface area contributed by atoms with Gasteiger partial charge >= 0.3 is 0 Å². The maximum Gasteiger partial charge on any atom is 0.227 e. The summed E-state index contributed by atoms with van der Waals surface area (Å²) in [4.78, 5) is 13.9. The van der Waals surface area contributed by atoms with Gasteiger partial charge in [0.1, 0.15) is 0 Å². The lowest BCUT2D eigenvalue weighted by atomic mass is 10.0. The van der Waals surface area contributed by atoms with Gasteiger partial charge in [-0.1, -0.05) is 20.8 Å². The van der Waals surface area contributed by atoms with Crippen LogP contribution >= 0.6 is 0 Å². The molecule has 0 spiro atoms. The molecule has 1 saturated heterocycles. The summed E-state index contributed by atoms with van der Waals surface area (Å²) in [5.41, 5.74) is 5.76. The largest absolute Gasteiger partial charge is 0.376 e. The molecule has 1 amide bonds. The third-order valence-electron chi connectivity index (χ3n) is 3.30. The van der Waals surface area contributed by atoms with Gasteiger partial charge in [0.15, 0.2) is 0 Å². The fourth-order valence-corrected chi connectivity index (χ4v) is 1.91. The van der Waals surface area contributed by atoms with E-state index in [2.05, 4.69) is 13.8 Å². The zero-order valence-corrected chi connectivity index (χ0v) is 11.5. The van der Waals surface area contributed by atoms with Crippen LogP contribution in [0, 0.1) is 11.8 Å². The standard InChI is InChI=1S/C13H26N2O2/c1-9(2)8-17-12-5-6-15(7-12)13(16)10(3)11(4)14/h9-12H,5-8,14H2,1-4H3. The summed E-state index contributed by atoms with van der Waals surface area (Å²) in [7, 11) is 0. The fourth-order valence-electron chi connectivity index (χ4n) is 1.91. The molecule has 3 atom stereocenters. The molecule has 0 bridgehead atoms. The van der Waals surface area contributed by atoms with Crippen molar-refractivity contribution in [3.63, 3.8) is 0 Å². The van der Waals surface area contributed by atoms with Gasteiger partial charge in [0.2, 0.25) is 5.91 Å². The number of rotatable bonds is 5. The van der Waals surface area contributed by atoms with Gasteiger partial charge in [0, 0.05) is 25.7 Å². The molecule has 1 rings (SSSR count). The molecule has 0 aromatic carbocycles. The molecule has 17 heavy (non-hydrogen) atoms. The van der Waals surface area contributed by atoms with Crippen molar-refractivity contribution in [2.75, 3.05) is 19.7 Å². The van der Waals surface area contributed by atoms with E-state index in [1.807, 2.05) is 18.7 Å². The second kappa shape index (κ2) is 6.36. The van der Waals surface area contributed by atoms with E-state index in [4.69, 9.17) is 10.5 Å². The van der Waals surface area contributed by atoms with E-state index in [9.17, 15) is 4.79 Å². The Hall–Kier alpha value is -0.610. The van der Waals surface area contributed by atoms with Crippen LogP contribution in [0.2, 0.25) is 0 Å². The van der Waals surface area contributed by atoms with Crippen molar-refractivity contribution in [1.82, 2.24) is 4.90 Å². The number of nitrogens with two attached hydrogens (primary N) is 1. The molecule has 2 N–H and O–H groups in total. The third kappa shape index (κ3) is 4.28. The number of hydrogen-bond donors (Lipinski definition) is 1. The summed E-state index contributed by atoms with van der Waals surface area (Å²) in [5, 5.41) is 0. The molecular weight excluding hydrogens is 216 g/mol. The van der Waals surface area contributed by atoms with E-state index in [0.717, 1.165) is 26.1 Å². The van der Waals surface area contributed by atoms with E-state index in [0.29, 0.717) is 5.92 Å². The van der Waals surface area contributed by atoms with Crippen LogP contribution < -0.4 is 5.73 Å². The predicted molar refractivity (Wildman–Crippen MR) is 68.6 cm³/mol. The molecule has 100 valence electrons. The first-order valence-electron chi connectivity index (χ1n) is 6.57. The van der Waals surface area contributed by atoms with E-state index in [1.165, 1.54) is 0 Å². The lowest BCUT2D eigenvalue weighted by Crippen LogP contribution is -2.41. The molecule has 0 aromatic heterocycles. The molecule has 3 unspecified atom stereocenters. The van der Waals surface area contributed by atoms with Crippen LogP contribution in [0.15, 0.2) is 0 Å². The van der Waals surface area contributed by atoms with Gasteiger partial charge in [-0.15, -0.1) is 0 Å². The Bertz CT molecular complexity index is 254. The highest BCUT2D eigenvalue weighted by molar-refractivity contribution is 5.79. The number of nitrogens with zero attached hydrogens (tertiary/aromatic N) is 1. The van der Waals surface area contributed by atoms with Crippen LogP contribution in [-0.4, -0.2) is 42.6 Å². The second-order valence-electron chi connectivity index (χ2n) is 5.57. The van der Waals surface area contributed by atoms with Crippen LogP contribution in [-0.2, 0) is 9.53 Å². The van der Waals surface area contributed by atoms with E-state index < -0.39 is 0 Å². The summed E-state index contributed by atoms with van der Waals surface area (Å²) >= 11 is 0. The second-order valence-corrected chi connectivity index (χ2v) is 5.57. The highest BCUT2D eigenvalue weighted by Crippen LogP contribution is 2.17. The minimum atomic E-state index is -0.0983. The summed E-state index contributed by atoms with van der Waals surface area (Å²) in [6.45, 7) is 10.4. The number of carbonyl (C=O) groups is 1. The summed E-state index contributed by atoms with van der Waals surface area (Å²) in [6, 6.07) is -0.0851. The zero-order valence-electron chi connectivity index (χ0n) is 11.5. The van der Waals surface area contributed by atoms with Crippen molar-refractivity contribution in [2.45, 2.75) is 46.3 Å². The van der Waals surface area contributed by atoms with Gasteiger partial charge < -0.3 is 15.4 Å². The van der Waals surface area contributed by atoms with Gasteiger partial charge in [-0.25, -0.2) is 0 Å². The minimum Gasteiger partial charge on any atom is -0.376 e. The Balaban J connectivity index is 2.37. The van der Waals surface area contributed by atoms with Gasteiger partial charge in [-0.05, 0) is 19.3 Å². The molecule has 1 aliphatic heterocycles. The molecular formula is C13H26N2O2. The van der Waals surface area contributed by atoms with Crippen LogP contribution in [0.3, 0.4) is 0 Å². The van der Waals surface area contributed by atoms with Crippen molar-refractivity contribution in [3.05, 3.63) is 0 Å². The fraction of sp³-hybridized carbons (Fsp3) is 0.923. The average Bonchev–Trinajstić information content (AvgIpc) is 2.72. The van der Waals surface area contributed by atoms with Gasteiger partial charge in [-0.3, -0.25) is 4.79 Å². The number of carbonyl (C=O) groups excluding carboxylic acids is 1.